The molecule has 2 atom stereocenters. The third kappa shape index (κ3) is 2.33. The number of ether oxygens (including phenoxy) is 1. The van der Waals surface area contributed by atoms with Crippen molar-refractivity contribution in [2.45, 2.75) is 12.1 Å². The molecule has 0 fully saturated rings. The van der Waals surface area contributed by atoms with Crippen LogP contribution in [0.25, 0.3) is 0 Å². The van der Waals surface area contributed by atoms with E-state index in [2.05, 4.69) is 9.98 Å². The Bertz CT molecular complexity index is 551. The quantitative estimate of drug-likeness (QED) is 0.609. The molecule has 5 nitrogen and oxygen atoms in total. The normalized spacial score (nSPS) is 24.8. The van der Waals surface area contributed by atoms with Gasteiger partial charge < -0.3 is 9.64 Å². The molecular formula is C13H12ClN3O2. The second kappa shape index (κ2) is 5.01. The SMILES string of the molecule is O=C(C1N=COC1c1ccnc(Cl)c1)N1CC=CC1. The number of rotatable bonds is 2. The molecule has 2 aliphatic rings. The molecule has 0 N–H and O–H groups in total. The van der Waals surface area contributed by atoms with Crippen LogP contribution in [0.4, 0.5) is 0 Å². The van der Waals surface area contributed by atoms with Gasteiger partial charge in [-0.1, -0.05) is 23.8 Å². The number of aliphatic imine (C=N–C) groups is 1. The summed E-state index contributed by atoms with van der Waals surface area (Å²) in [6, 6.07) is 2.94. The summed E-state index contributed by atoms with van der Waals surface area (Å²) in [5.41, 5.74) is 0.808. The van der Waals surface area contributed by atoms with Crippen LogP contribution in [0, 0.1) is 0 Å². The average molecular weight is 278 g/mol. The Morgan fingerprint density at radius 3 is 2.95 bits per heavy atom. The zero-order chi connectivity index (χ0) is 13.2. The molecule has 1 amide bonds. The fourth-order valence-electron chi connectivity index (χ4n) is 2.21. The molecule has 0 radical (unpaired) electrons. The summed E-state index contributed by atoms with van der Waals surface area (Å²) in [5.74, 6) is -0.0308. The number of hydrogen-bond acceptors (Lipinski definition) is 4. The summed E-state index contributed by atoms with van der Waals surface area (Å²) < 4.78 is 5.44. The van der Waals surface area contributed by atoms with E-state index in [-0.39, 0.29) is 5.91 Å². The Morgan fingerprint density at radius 2 is 2.21 bits per heavy atom. The van der Waals surface area contributed by atoms with Crippen LogP contribution in [0.2, 0.25) is 5.15 Å². The number of halogens is 1. The lowest BCUT2D eigenvalue weighted by Crippen LogP contribution is -2.38. The maximum Gasteiger partial charge on any atom is 0.252 e. The van der Waals surface area contributed by atoms with Gasteiger partial charge in [-0.15, -0.1) is 0 Å². The van der Waals surface area contributed by atoms with Crippen molar-refractivity contribution in [2.75, 3.05) is 13.1 Å². The van der Waals surface area contributed by atoms with Gasteiger partial charge in [0.2, 0.25) is 0 Å². The highest BCUT2D eigenvalue weighted by Crippen LogP contribution is 2.29. The van der Waals surface area contributed by atoms with Gasteiger partial charge >= 0.3 is 0 Å². The molecule has 0 aliphatic carbocycles. The molecule has 0 spiro atoms. The highest BCUT2D eigenvalue weighted by Gasteiger charge is 2.36. The van der Waals surface area contributed by atoms with Crippen molar-refractivity contribution in [3.63, 3.8) is 0 Å². The number of hydrogen-bond donors (Lipinski definition) is 0. The maximum absolute atomic E-state index is 12.4. The van der Waals surface area contributed by atoms with Crippen LogP contribution in [0.1, 0.15) is 11.7 Å². The largest absolute Gasteiger partial charge is 0.473 e. The van der Waals surface area contributed by atoms with E-state index in [0.29, 0.717) is 18.2 Å². The van der Waals surface area contributed by atoms with Crippen molar-refractivity contribution < 1.29 is 9.53 Å². The van der Waals surface area contributed by atoms with Gasteiger partial charge in [0.05, 0.1) is 0 Å². The third-order valence-electron chi connectivity index (χ3n) is 3.18. The molecule has 98 valence electrons. The van der Waals surface area contributed by atoms with E-state index in [4.69, 9.17) is 16.3 Å². The first-order chi connectivity index (χ1) is 9.25. The van der Waals surface area contributed by atoms with Gasteiger partial charge in [0.15, 0.2) is 18.5 Å². The Balaban J connectivity index is 1.81. The summed E-state index contributed by atoms with van der Waals surface area (Å²) in [4.78, 5) is 22.2. The number of nitrogens with zero attached hydrogens (tertiary/aromatic N) is 3. The van der Waals surface area contributed by atoms with Crippen LogP contribution in [0.5, 0.6) is 0 Å². The zero-order valence-corrected chi connectivity index (χ0v) is 10.8. The number of pyridine rings is 1. The number of amides is 1. The predicted molar refractivity (Wildman–Crippen MR) is 71.1 cm³/mol. The van der Waals surface area contributed by atoms with Gasteiger partial charge in [0.25, 0.3) is 5.91 Å². The zero-order valence-electron chi connectivity index (χ0n) is 10.1. The molecule has 3 rings (SSSR count). The van der Waals surface area contributed by atoms with Crippen LogP contribution in [-0.2, 0) is 9.53 Å². The summed E-state index contributed by atoms with van der Waals surface area (Å²) in [5, 5.41) is 0.377. The smallest absolute Gasteiger partial charge is 0.252 e. The van der Waals surface area contributed by atoms with Gasteiger partial charge in [0, 0.05) is 19.3 Å². The van der Waals surface area contributed by atoms with Crippen molar-refractivity contribution in [3.05, 3.63) is 41.2 Å². The molecule has 0 bridgehead atoms. The average Bonchev–Trinajstić information content (AvgIpc) is 3.09. The van der Waals surface area contributed by atoms with Crippen LogP contribution >= 0.6 is 11.6 Å². The van der Waals surface area contributed by atoms with Gasteiger partial charge in [-0.25, -0.2) is 9.98 Å². The van der Waals surface area contributed by atoms with E-state index in [9.17, 15) is 4.79 Å². The van der Waals surface area contributed by atoms with E-state index in [1.54, 1.807) is 23.2 Å². The molecule has 6 heteroatoms. The minimum atomic E-state index is -0.543. The first-order valence-electron chi connectivity index (χ1n) is 5.98. The number of carbonyl (C=O) groups excluding carboxylic acids is 1. The third-order valence-corrected chi connectivity index (χ3v) is 3.38. The van der Waals surface area contributed by atoms with Crippen LogP contribution < -0.4 is 0 Å². The monoisotopic (exact) mass is 277 g/mol. The van der Waals surface area contributed by atoms with Gasteiger partial charge in [-0.2, -0.15) is 0 Å². The maximum atomic E-state index is 12.4. The van der Waals surface area contributed by atoms with Crippen LogP contribution in [0.3, 0.4) is 0 Å². The number of aromatic nitrogens is 1. The molecule has 0 saturated heterocycles. The molecule has 2 aliphatic heterocycles. The summed E-state index contributed by atoms with van der Waals surface area (Å²) in [6.45, 7) is 1.27. The molecular weight excluding hydrogens is 266 g/mol. The van der Waals surface area contributed by atoms with Gasteiger partial charge in [-0.3, -0.25) is 4.79 Å². The van der Waals surface area contributed by atoms with Crippen LogP contribution in [0.15, 0.2) is 35.5 Å². The van der Waals surface area contributed by atoms with E-state index < -0.39 is 12.1 Å². The number of carbonyl (C=O) groups is 1. The van der Waals surface area contributed by atoms with Gasteiger partial charge in [0.1, 0.15) is 5.15 Å². The second-order valence-corrected chi connectivity index (χ2v) is 4.77. The topological polar surface area (TPSA) is 54.8 Å². The molecule has 1 aromatic heterocycles. The first kappa shape index (κ1) is 12.2. The van der Waals surface area contributed by atoms with Crippen LogP contribution in [-0.4, -0.2) is 41.3 Å². The highest BCUT2D eigenvalue weighted by molar-refractivity contribution is 6.29. The standard InChI is InChI=1S/C13H12ClN3O2/c14-10-7-9(3-4-15-10)12-11(16-8-19-12)13(18)17-5-1-2-6-17/h1-4,7-8,11-12H,5-6H2. The first-order valence-corrected chi connectivity index (χ1v) is 6.36. The molecule has 0 saturated carbocycles. The van der Waals surface area contributed by atoms with E-state index in [0.717, 1.165) is 5.56 Å². The summed E-state index contributed by atoms with van der Waals surface area (Å²) >= 11 is 5.86. The molecule has 0 aromatic carbocycles. The van der Waals surface area contributed by atoms with E-state index >= 15 is 0 Å². The minimum absolute atomic E-state index is 0.0308. The van der Waals surface area contributed by atoms with Crippen molar-refractivity contribution in [1.82, 2.24) is 9.88 Å². The van der Waals surface area contributed by atoms with E-state index in [1.807, 2.05) is 12.2 Å². The summed E-state index contributed by atoms with van der Waals surface area (Å²) in [6.07, 6.45) is 6.45. The van der Waals surface area contributed by atoms with Gasteiger partial charge in [-0.05, 0) is 17.7 Å². The highest BCUT2D eigenvalue weighted by atomic mass is 35.5. The molecule has 2 unspecified atom stereocenters. The predicted octanol–water partition coefficient (Wildman–Crippen LogP) is 1.60. The van der Waals surface area contributed by atoms with Crippen molar-refractivity contribution in [2.24, 2.45) is 4.99 Å². The van der Waals surface area contributed by atoms with E-state index in [1.165, 1.54) is 6.40 Å². The Labute approximate surface area is 115 Å². The Morgan fingerprint density at radius 1 is 1.42 bits per heavy atom. The summed E-state index contributed by atoms with van der Waals surface area (Å²) in [7, 11) is 0. The fourth-order valence-corrected chi connectivity index (χ4v) is 2.39. The fraction of sp³-hybridized carbons (Fsp3) is 0.308. The molecule has 19 heavy (non-hydrogen) atoms. The Hall–Kier alpha value is -1.88. The lowest BCUT2D eigenvalue weighted by atomic mass is 10.0. The molecule has 1 aromatic rings. The second-order valence-electron chi connectivity index (χ2n) is 4.38. The lowest BCUT2D eigenvalue weighted by molar-refractivity contribution is -0.132. The molecule has 3 heterocycles. The van der Waals surface area contributed by atoms with Crippen molar-refractivity contribution in [3.8, 4) is 0 Å². The minimum Gasteiger partial charge on any atom is -0.473 e. The Kier molecular flexibility index (Phi) is 3.21. The van der Waals surface area contributed by atoms with Crippen molar-refractivity contribution >= 4 is 23.9 Å². The lowest BCUT2D eigenvalue weighted by Gasteiger charge is -2.22. The van der Waals surface area contributed by atoms with Crippen molar-refractivity contribution in [1.29, 1.82) is 0 Å².